The van der Waals surface area contributed by atoms with Crippen molar-refractivity contribution < 1.29 is 28.4 Å². The molecule has 6 nitrogen and oxygen atoms in total. The van der Waals surface area contributed by atoms with Gasteiger partial charge in [-0.15, -0.1) is 0 Å². The zero-order chi connectivity index (χ0) is 22.2. The molecule has 0 N–H and O–H groups in total. The second kappa shape index (κ2) is 9.03. The molecule has 33 heavy (non-hydrogen) atoms. The topological polar surface area (TPSA) is 65.3 Å². The highest BCUT2D eigenvalue weighted by Crippen LogP contribution is 2.47. The molecule has 0 radical (unpaired) electrons. The van der Waals surface area contributed by atoms with Gasteiger partial charge in [-0.3, -0.25) is 0 Å². The third-order valence-corrected chi connectivity index (χ3v) is 6.16. The molecule has 3 aromatic carbocycles. The molecule has 3 aromatic rings. The van der Waals surface area contributed by atoms with Gasteiger partial charge < -0.3 is 28.4 Å². The van der Waals surface area contributed by atoms with Gasteiger partial charge in [0.05, 0.1) is 19.8 Å². The van der Waals surface area contributed by atoms with E-state index < -0.39 is 0 Å². The highest BCUT2D eigenvalue weighted by atomic mass is 35.5. The van der Waals surface area contributed by atoms with Gasteiger partial charge in [0.1, 0.15) is 43.9 Å². The highest BCUT2D eigenvalue weighted by molar-refractivity contribution is 6.30. The van der Waals surface area contributed by atoms with Crippen LogP contribution in [0.4, 0.5) is 0 Å². The summed E-state index contributed by atoms with van der Waals surface area (Å²) in [5.74, 6) is 2.23. The van der Waals surface area contributed by atoms with Crippen LogP contribution >= 0.6 is 11.6 Å². The summed E-state index contributed by atoms with van der Waals surface area (Å²) >= 11 is 6.13. The Morgan fingerprint density at radius 3 is 1.70 bits per heavy atom. The third kappa shape index (κ3) is 5.04. The highest BCUT2D eigenvalue weighted by Gasteiger charge is 2.31. The van der Waals surface area contributed by atoms with E-state index in [1.54, 1.807) is 0 Å². The van der Waals surface area contributed by atoms with E-state index in [1.807, 2.05) is 42.5 Å². The quantitative estimate of drug-likeness (QED) is 0.388. The predicted molar refractivity (Wildman–Crippen MR) is 124 cm³/mol. The Hall–Kier alpha value is -2.51. The monoisotopic (exact) mass is 468 g/mol. The van der Waals surface area contributed by atoms with E-state index in [4.69, 9.17) is 40.0 Å². The standard InChI is InChI=1S/C26H25ClO6/c27-17-7-5-16(6-8-17)9-23-24(31-13-18-10-28-18)21-3-1-2-4-22(21)25(32-14-19-11-29-19)26(23)33-15-20-12-30-20/h1-8,18-20H,9-15H2. The number of rotatable bonds is 11. The summed E-state index contributed by atoms with van der Waals surface area (Å²) < 4.78 is 35.3. The van der Waals surface area contributed by atoms with Crippen molar-refractivity contribution in [3.05, 3.63) is 64.7 Å². The van der Waals surface area contributed by atoms with Crippen molar-refractivity contribution in [3.8, 4) is 17.2 Å². The lowest BCUT2D eigenvalue weighted by molar-refractivity contribution is 0.225. The molecule has 172 valence electrons. The second-order valence-corrected chi connectivity index (χ2v) is 9.05. The normalized spacial score (nSPS) is 22.8. The molecule has 3 fully saturated rings. The molecule has 6 rings (SSSR count). The lowest BCUT2D eigenvalue weighted by Gasteiger charge is -2.22. The maximum atomic E-state index is 6.38. The van der Waals surface area contributed by atoms with Crippen LogP contribution in [-0.2, 0) is 20.6 Å². The van der Waals surface area contributed by atoms with E-state index in [9.17, 15) is 0 Å². The molecule has 3 aliphatic rings. The largest absolute Gasteiger partial charge is 0.490 e. The number of fused-ring (bicyclic) bond motifs is 1. The molecule has 0 bridgehead atoms. The molecule has 3 aliphatic heterocycles. The molecule has 0 aliphatic carbocycles. The van der Waals surface area contributed by atoms with Gasteiger partial charge in [0.15, 0.2) is 11.5 Å². The van der Waals surface area contributed by atoms with Crippen LogP contribution < -0.4 is 14.2 Å². The number of hydrogen-bond acceptors (Lipinski definition) is 6. The zero-order valence-electron chi connectivity index (χ0n) is 18.1. The molecule has 0 amide bonds. The van der Waals surface area contributed by atoms with Gasteiger partial charge in [-0.05, 0) is 17.7 Å². The Balaban J connectivity index is 1.47. The van der Waals surface area contributed by atoms with Crippen molar-refractivity contribution in [2.75, 3.05) is 39.6 Å². The average molecular weight is 469 g/mol. The Labute approximate surface area is 197 Å². The van der Waals surface area contributed by atoms with Gasteiger partial charge in [-0.1, -0.05) is 48.0 Å². The van der Waals surface area contributed by atoms with E-state index in [-0.39, 0.29) is 18.3 Å². The molecule has 3 atom stereocenters. The summed E-state index contributed by atoms with van der Waals surface area (Å²) in [4.78, 5) is 0. The van der Waals surface area contributed by atoms with Crippen LogP contribution in [0.15, 0.2) is 48.5 Å². The lowest BCUT2D eigenvalue weighted by Crippen LogP contribution is -2.13. The summed E-state index contributed by atoms with van der Waals surface area (Å²) in [6.07, 6.45) is 0.994. The van der Waals surface area contributed by atoms with E-state index in [1.165, 1.54) is 0 Å². The van der Waals surface area contributed by atoms with E-state index in [0.29, 0.717) is 43.6 Å². The molecule has 0 saturated carbocycles. The van der Waals surface area contributed by atoms with E-state index in [0.717, 1.165) is 46.6 Å². The number of ether oxygens (including phenoxy) is 6. The minimum atomic E-state index is 0.115. The Kier molecular flexibility index (Phi) is 5.76. The molecule has 3 unspecified atom stereocenters. The number of benzene rings is 3. The minimum Gasteiger partial charge on any atom is -0.490 e. The fraction of sp³-hybridized carbons (Fsp3) is 0.385. The summed E-state index contributed by atoms with van der Waals surface area (Å²) in [7, 11) is 0. The average Bonchev–Trinajstić information content (AvgIpc) is 3.69. The van der Waals surface area contributed by atoms with Crippen molar-refractivity contribution in [2.45, 2.75) is 24.7 Å². The summed E-state index contributed by atoms with van der Waals surface area (Å²) in [5.41, 5.74) is 2.05. The second-order valence-electron chi connectivity index (χ2n) is 8.61. The fourth-order valence-electron chi connectivity index (χ4n) is 3.85. The van der Waals surface area contributed by atoms with Gasteiger partial charge in [-0.25, -0.2) is 0 Å². The first-order valence-corrected chi connectivity index (χ1v) is 11.7. The lowest BCUT2D eigenvalue weighted by atomic mass is 9.97. The molecule has 0 aromatic heterocycles. The van der Waals surface area contributed by atoms with Gasteiger partial charge in [0.25, 0.3) is 0 Å². The molecule has 7 heteroatoms. The fourth-order valence-corrected chi connectivity index (χ4v) is 3.98. The van der Waals surface area contributed by atoms with Crippen LogP contribution in [0.2, 0.25) is 5.02 Å². The number of epoxide rings is 3. The van der Waals surface area contributed by atoms with Gasteiger partial charge >= 0.3 is 0 Å². The van der Waals surface area contributed by atoms with Crippen LogP contribution in [0.1, 0.15) is 11.1 Å². The van der Waals surface area contributed by atoms with Crippen LogP contribution in [0.3, 0.4) is 0 Å². The Bertz CT molecular complexity index is 1140. The van der Waals surface area contributed by atoms with Crippen molar-refractivity contribution >= 4 is 22.4 Å². The third-order valence-electron chi connectivity index (χ3n) is 5.91. The summed E-state index contributed by atoms with van der Waals surface area (Å²) in [6.45, 7) is 3.62. The Morgan fingerprint density at radius 2 is 1.15 bits per heavy atom. The zero-order valence-corrected chi connectivity index (χ0v) is 18.9. The van der Waals surface area contributed by atoms with Crippen LogP contribution in [0.25, 0.3) is 10.8 Å². The number of hydrogen-bond donors (Lipinski definition) is 0. The molecule has 3 heterocycles. The van der Waals surface area contributed by atoms with Gasteiger partial charge in [0, 0.05) is 27.8 Å². The predicted octanol–water partition coefficient (Wildman–Crippen LogP) is 4.42. The van der Waals surface area contributed by atoms with Crippen molar-refractivity contribution in [2.24, 2.45) is 0 Å². The summed E-state index contributed by atoms with van der Waals surface area (Å²) in [6, 6.07) is 16.0. The van der Waals surface area contributed by atoms with Crippen LogP contribution in [-0.4, -0.2) is 58.0 Å². The first kappa shape index (κ1) is 21.1. The van der Waals surface area contributed by atoms with Crippen molar-refractivity contribution in [1.29, 1.82) is 0 Å². The smallest absolute Gasteiger partial charge is 0.169 e. The minimum absolute atomic E-state index is 0.115. The molecule has 3 saturated heterocycles. The number of halogens is 1. The molecule has 0 spiro atoms. The van der Waals surface area contributed by atoms with Crippen molar-refractivity contribution in [1.82, 2.24) is 0 Å². The van der Waals surface area contributed by atoms with Gasteiger partial charge in [-0.2, -0.15) is 0 Å². The maximum absolute atomic E-state index is 6.38. The van der Waals surface area contributed by atoms with E-state index >= 15 is 0 Å². The molecular formula is C26H25ClO6. The maximum Gasteiger partial charge on any atom is 0.169 e. The van der Waals surface area contributed by atoms with Crippen LogP contribution in [0.5, 0.6) is 17.2 Å². The Morgan fingerprint density at radius 1 is 0.667 bits per heavy atom. The SMILES string of the molecule is Clc1ccc(Cc2c(OCC3CO3)c(OCC3CO3)c3ccccc3c2OCC2CO2)cc1. The first-order valence-electron chi connectivity index (χ1n) is 11.3. The molecular weight excluding hydrogens is 444 g/mol. The van der Waals surface area contributed by atoms with Gasteiger partial charge in [0.2, 0.25) is 0 Å². The van der Waals surface area contributed by atoms with Crippen molar-refractivity contribution in [3.63, 3.8) is 0 Å². The summed E-state index contributed by atoms with van der Waals surface area (Å²) in [5, 5.41) is 2.65. The van der Waals surface area contributed by atoms with Crippen LogP contribution in [0, 0.1) is 0 Å². The first-order chi connectivity index (χ1) is 16.2. The van der Waals surface area contributed by atoms with E-state index in [2.05, 4.69) is 6.07 Å².